The molecule has 1 aromatic heterocycles. The van der Waals surface area contributed by atoms with E-state index in [0.29, 0.717) is 28.8 Å². The summed E-state index contributed by atoms with van der Waals surface area (Å²) >= 11 is 1.20. The predicted molar refractivity (Wildman–Crippen MR) is 105 cm³/mol. The molecule has 152 valence electrons. The number of benzene rings is 1. The molecule has 2 rings (SSSR count). The minimum absolute atomic E-state index is 0.124. The van der Waals surface area contributed by atoms with Crippen LogP contribution in [0.1, 0.15) is 11.3 Å². The number of thioether (sulfide) groups is 1. The zero-order valence-electron chi connectivity index (χ0n) is 16.2. The number of amides is 2. The molecule has 2 aromatic rings. The molecule has 0 bridgehead atoms. The molecule has 0 saturated carbocycles. The van der Waals surface area contributed by atoms with Crippen LogP contribution in [-0.2, 0) is 16.1 Å². The van der Waals surface area contributed by atoms with Gasteiger partial charge in [0.05, 0.1) is 32.8 Å². The Kier molecular flexibility index (Phi) is 8.00. The van der Waals surface area contributed by atoms with Crippen molar-refractivity contribution in [1.82, 2.24) is 10.5 Å². The second kappa shape index (κ2) is 10.5. The first kappa shape index (κ1) is 21.4. The fourth-order valence-corrected chi connectivity index (χ4v) is 2.96. The number of nitrogens with zero attached hydrogens (tertiary/aromatic N) is 1. The standard InChI is InChI=1S/C18H23N3O6S/c1-11-5-16(21-27-11)20-18(23)10-28-9-17(22)19-8-12-6-14(25-3)15(26-4)7-13(12)24-2/h5-7H,8-10H2,1-4H3,(H,19,22)(H,20,21,23). The van der Waals surface area contributed by atoms with Crippen molar-refractivity contribution in [3.63, 3.8) is 0 Å². The number of anilines is 1. The Morgan fingerprint density at radius 3 is 2.25 bits per heavy atom. The van der Waals surface area contributed by atoms with Crippen LogP contribution in [-0.4, -0.2) is 49.8 Å². The molecule has 9 nitrogen and oxygen atoms in total. The molecule has 0 radical (unpaired) electrons. The highest BCUT2D eigenvalue weighted by atomic mass is 32.2. The van der Waals surface area contributed by atoms with Crippen molar-refractivity contribution < 1.29 is 28.3 Å². The number of aromatic nitrogens is 1. The lowest BCUT2D eigenvalue weighted by atomic mass is 10.1. The Balaban J connectivity index is 1.79. The smallest absolute Gasteiger partial charge is 0.235 e. The normalized spacial score (nSPS) is 10.3. The average Bonchev–Trinajstić information content (AvgIpc) is 3.09. The van der Waals surface area contributed by atoms with Crippen LogP contribution in [0.5, 0.6) is 17.2 Å². The van der Waals surface area contributed by atoms with Crippen LogP contribution in [0.2, 0.25) is 0 Å². The number of ether oxygens (including phenoxy) is 3. The van der Waals surface area contributed by atoms with Gasteiger partial charge in [-0.2, -0.15) is 0 Å². The Morgan fingerprint density at radius 2 is 1.64 bits per heavy atom. The van der Waals surface area contributed by atoms with Gasteiger partial charge in [-0.1, -0.05) is 5.16 Å². The summed E-state index contributed by atoms with van der Waals surface area (Å²) in [5.41, 5.74) is 0.748. The maximum atomic E-state index is 12.0. The zero-order chi connectivity index (χ0) is 20.5. The molecular formula is C18H23N3O6S. The maximum Gasteiger partial charge on any atom is 0.235 e. The van der Waals surface area contributed by atoms with Crippen molar-refractivity contribution in [3.05, 3.63) is 29.5 Å². The van der Waals surface area contributed by atoms with Crippen molar-refractivity contribution in [1.29, 1.82) is 0 Å². The Bertz CT molecular complexity index is 824. The lowest BCUT2D eigenvalue weighted by Gasteiger charge is -2.14. The minimum atomic E-state index is -0.257. The van der Waals surface area contributed by atoms with Gasteiger partial charge in [-0.15, -0.1) is 11.8 Å². The molecule has 1 heterocycles. The number of hydrogen-bond acceptors (Lipinski definition) is 8. The van der Waals surface area contributed by atoms with Gasteiger partial charge in [0.15, 0.2) is 17.3 Å². The van der Waals surface area contributed by atoms with E-state index in [1.54, 1.807) is 25.1 Å². The summed E-state index contributed by atoms with van der Waals surface area (Å²) in [4.78, 5) is 23.9. The van der Waals surface area contributed by atoms with E-state index in [4.69, 9.17) is 18.7 Å². The molecule has 2 amide bonds. The Hall–Kier alpha value is -2.88. The summed E-state index contributed by atoms with van der Waals surface area (Å²) in [6.07, 6.45) is 0. The van der Waals surface area contributed by atoms with Gasteiger partial charge in [0, 0.05) is 24.2 Å². The maximum absolute atomic E-state index is 12.0. The van der Waals surface area contributed by atoms with Crippen molar-refractivity contribution in [2.24, 2.45) is 0 Å². The number of carbonyl (C=O) groups excluding carboxylic acids is 2. The van der Waals surface area contributed by atoms with Gasteiger partial charge in [-0.05, 0) is 13.0 Å². The molecule has 0 aliphatic heterocycles. The van der Waals surface area contributed by atoms with Gasteiger partial charge in [-0.3, -0.25) is 9.59 Å². The quantitative estimate of drug-likeness (QED) is 0.613. The number of hydrogen-bond donors (Lipinski definition) is 2. The second-order valence-electron chi connectivity index (χ2n) is 5.66. The molecule has 0 atom stereocenters. The van der Waals surface area contributed by atoms with Gasteiger partial charge in [0.25, 0.3) is 0 Å². The third-order valence-corrected chi connectivity index (χ3v) is 4.56. The largest absolute Gasteiger partial charge is 0.496 e. The summed E-state index contributed by atoms with van der Waals surface area (Å²) in [6.45, 7) is 1.99. The number of aryl methyl sites for hydroxylation is 1. The molecule has 0 unspecified atom stereocenters. The second-order valence-corrected chi connectivity index (χ2v) is 6.65. The molecule has 0 spiro atoms. The fourth-order valence-electron chi connectivity index (χ4n) is 2.32. The minimum Gasteiger partial charge on any atom is -0.496 e. The van der Waals surface area contributed by atoms with Gasteiger partial charge >= 0.3 is 0 Å². The highest BCUT2D eigenvalue weighted by Gasteiger charge is 2.13. The number of carbonyl (C=O) groups is 2. The molecule has 0 aliphatic carbocycles. The summed E-state index contributed by atoms with van der Waals surface area (Å²) in [5.74, 6) is 2.42. The van der Waals surface area contributed by atoms with E-state index in [1.165, 1.54) is 33.1 Å². The van der Waals surface area contributed by atoms with Crippen molar-refractivity contribution in [2.75, 3.05) is 38.2 Å². The molecule has 28 heavy (non-hydrogen) atoms. The number of nitrogens with one attached hydrogen (secondary N) is 2. The topological polar surface area (TPSA) is 112 Å². The van der Waals surface area contributed by atoms with Gasteiger partial charge < -0.3 is 29.4 Å². The van der Waals surface area contributed by atoms with Crippen LogP contribution in [0.4, 0.5) is 5.82 Å². The average molecular weight is 409 g/mol. The van der Waals surface area contributed by atoms with Crippen molar-refractivity contribution in [3.8, 4) is 17.2 Å². The van der Waals surface area contributed by atoms with E-state index in [2.05, 4.69) is 15.8 Å². The molecular weight excluding hydrogens is 386 g/mol. The molecule has 2 N–H and O–H groups in total. The highest BCUT2D eigenvalue weighted by molar-refractivity contribution is 8.00. The third kappa shape index (κ3) is 6.08. The van der Waals surface area contributed by atoms with Gasteiger partial charge in [0.1, 0.15) is 11.5 Å². The first-order chi connectivity index (χ1) is 13.5. The summed E-state index contributed by atoms with van der Waals surface area (Å²) in [6, 6.07) is 5.06. The number of rotatable bonds is 10. The monoisotopic (exact) mass is 409 g/mol. The molecule has 0 aliphatic rings. The van der Waals surface area contributed by atoms with Crippen LogP contribution < -0.4 is 24.8 Å². The van der Waals surface area contributed by atoms with Crippen LogP contribution in [0.15, 0.2) is 22.7 Å². The van der Waals surface area contributed by atoms with E-state index < -0.39 is 0 Å². The zero-order valence-corrected chi connectivity index (χ0v) is 17.0. The third-order valence-electron chi connectivity index (χ3n) is 3.62. The van der Waals surface area contributed by atoms with Crippen LogP contribution in [0.3, 0.4) is 0 Å². The first-order valence-corrected chi connectivity index (χ1v) is 9.48. The molecule has 1 aromatic carbocycles. The van der Waals surface area contributed by atoms with E-state index >= 15 is 0 Å². The summed E-state index contributed by atoms with van der Waals surface area (Å²) in [7, 11) is 4.61. The first-order valence-electron chi connectivity index (χ1n) is 8.33. The van der Waals surface area contributed by atoms with E-state index in [1.807, 2.05) is 0 Å². The summed E-state index contributed by atoms with van der Waals surface area (Å²) in [5, 5.41) is 9.07. The lowest BCUT2D eigenvalue weighted by Crippen LogP contribution is -2.26. The van der Waals surface area contributed by atoms with Crippen molar-refractivity contribution >= 4 is 29.4 Å². The summed E-state index contributed by atoms with van der Waals surface area (Å²) < 4.78 is 20.7. The molecule has 0 saturated heterocycles. The SMILES string of the molecule is COc1cc(OC)c(OC)cc1CNC(=O)CSCC(=O)Nc1cc(C)on1. The Labute approximate surface area is 167 Å². The van der Waals surface area contributed by atoms with E-state index in [9.17, 15) is 9.59 Å². The van der Waals surface area contributed by atoms with Crippen LogP contribution in [0.25, 0.3) is 0 Å². The fraction of sp³-hybridized carbons (Fsp3) is 0.389. The van der Waals surface area contributed by atoms with Gasteiger partial charge in [-0.25, -0.2) is 0 Å². The van der Waals surface area contributed by atoms with Crippen molar-refractivity contribution in [2.45, 2.75) is 13.5 Å². The number of methoxy groups -OCH3 is 3. The van der Waals surface area contributed by atoms with E-state index in [0.717, 1.165) is 5.56 Å². The lowest BCUT2D eigenvalue weighted by molar-refractivity contribution is -0.118. The Morgan fingerprint density at radius 1 is 1.00 bits per heavy atom. The van der Waals surface area contributed by atoms with Gasteiger partial charge in [0.2, 0.25) is 11.8 Å². The highest BCUT2D eigenvalue weighted by Crippen LogP contribution is 2.34. The molecule has 10 heteroatoms. The van der Waals surface area contributed by atoms with Crippen LogP contribution >= 0.6 is 11.8 Å². The predicted octanol–water partition coefficient (Wildman–Crippen LogP) is 2.00. The molecule has 0 fully saturated rings. The van der Waals surface area contributed by atoms with Crippen LogP contribution in [0, 0.1) is 6.92 Å². The van der Waals surface area contributed by atoms with E-state index in [-0.39, 0.29) is 29.9 Å².